The quantitative estimate of drug-likeness (QED) is 0.418. The van der Waals surface area contributed by atoms with Crippen molar-refractivity contribution in [3.63, 3.8) is 0 Å². The summed E-state index contributed by atoms with van der Waals surface area (Å²) in [6, 6.07) is 15.7. The minimum Gasteiger partial charge on any atom is -0.493 e. The van der Waals surface area contributed by atoms with Crippen LogP contribution in [0.3, 0.4) is 0 Å². The number of aliphatic hydroxyl groups is 1. The van der Waals surface area contributed by atoms with Gasteiger partial charge in [0.2, 0.25) is 0 Å². The van der Waals surface area contributed by atoms with Gasteiger partial charge in [0, 0.05) is 18.4 Å². The van der Waals surface area contributed by atoms with E-state index in [1.165, 1.54) is 16.7 Å². The maximum Gasteiger partial charge on any atom is 0.122 e. The lowest BCUT2D eigenvalue weighted by atomic mass is 9.70. The van der Waals surface area contributed by atoms with Crippen LogP contribution in [0.1, 0.15) is 82.6 Å². The summed E-state index contributed by atoms with van der Waals surface area (Å²) in [5.41, 5.74) is 5.44. The molecule has 0 bridgehead atoms. The molecule has 0 aromatic heterocycles. The zero-order valence-electron chi connectivity index (χ0n) is 19.8. The van der Waals surface area contributed by atoms with Crippen LogP contribution in [-0.2, 0) is 5.41 Å². The molecule has 0 fully saturated rings. The highest BCUT2D eigenvalue weighted by Gasteiger charge is 2.31. The second-order valence-corrected chi connectivity index (χ2v) is 9.48. The van der Waals surface area contributed by atoms with E-state index in [1.54, 1.807) is 0 Å². The van der Waals surface area contributed by atoms with Crippen molar-refractivity contribution in [1.82, 2.24) is 0 Å². The van der Waals surface area contributed by atoms with Crippen LogP contribution in [0, 0.1) is 12.3 Å². The number of benzene rings is 2. The molecule has 2 nitrogen and oxygen atoms in total. The van der Waals surface area contributed by atoms with Crippen molar-refractivity contribution in [2.24, 2.45) is 5.41 Å². The molecule has 0 radical (unpaired) electrons. The lowest BCUT2D eigenvalue weighted by Crippen LogP contribution is -2.26. The largest absolute Gasteiger partial charge is 0.493 e. The predicted molar refractivity (Wildman–Crippen MR) is 129 cm³/mol. The number of allylic oxidation sites excluding steroid dienone is 1. The SMILES string of the molecule is CCC(CC)(c1ccc(/C=C/CC(C)(C)C)cc1)c1ccc(OCCCO)c(C)c1. The third kappa shape index (κ3) is 6.22. The fraction of sp³-hybridized carbons (Fsp3) is 0.500. The first-order chi connectivity index (χ1) is 14.3. The molecule has 2 rings (SSSR count). The van der Waals surface area contributed by atoms with Gasteiger partial charge in [-0.15, -0.1) is 0 Å². The number of aliphatic hydroxyl groups excluding tert-OH is 1. The average Bonchev–Trinajstić information content (AvgIpc) is 2.71. The summed E-state index contributed by atoms with van der Waals surface area (Å²) < 4.78 is 5.83. The van der Waals surface area contributed by atoms with Gasteiger partial charge in [-0.25, -0.2) is 0 Å². The molecule has 2 aromatic rings. The first-order valence-corrected chi connectivity index (χ1v) is 11.4. The van der Waals surface area contributed by atoms with Gasteiger partial charge in [-0.2, -0.15) is 0 Å². The highest BCUT2D eigenvalue weighted by molar-refractivity contribution is 5.52. The summed E-state index contributed by atoms with van der Waals surface area (Å²) in [4.78, 5) is 0. The molecule has 1 N–H and O–H groups in total. The Morgan fingerprint density at radius 3 is 2.10 bits per heavy atom. The van der Waals surface area contributed by atoms with Crippen LogP contribution in [0.15, 0.2) is 48.5 Å². The van der Waals surface area contributed by atoms with Crippen LogP contribution in [0.2, 0.25) is 0 Å². The molecule has 0 amide bonds. The third-order valence-electron chi connectivity index (χ3n) is 6.00. The number of hydrogen-bond donors (Lipinski definition) is 1. The molecule has 164 valence electrons. The summed E-state index contributed by atoms with van der Waals surface area (Å²) in [6.45, 7) is 14.2. The Balaban J connectivity index is 2.28. The molecule has 30 heavy (non-hydrogen) atoms. The summed E-state index contributed by atoms with van der Waals surface area (Å²) >= 11 is 0. The average molecular weight is 409 g/mol. The Bertz CT molecular complexity index is 806. The van der Waals surface area contributed by atoms with Crippen LogP contribution in [-0.4, -0.2) is 18.3 Å². The molecule has 0 saturated heterocycles. The van der Waals surface area contributed by atoms with Crippen molar-refractivity contribution in [1.29, 1.82) is 0 Å². The standard InChI is InChI=1S/C28H40O2/c1-7-28(8-2,25-16-17-26(22(3)21-25)30-20-10-19-29)24-14-12-23(13-15-24)11-9-18-27(4,5)6/h9,11-17,21,29H,7-8,10,18-20H2,1-6H3/b11-9+. The fourth-order valence-electron chi connectivity index (χ4n) is 4.05. The number of ether oxygens (including phenoxy) is 1. The molecular weight excluding hydrogens is 368 g/mol. The lowest BCUT2D eigenvalue weighted by molar-refractivity contribution is 0.233. The molecule has 0 atom stereocenters. The van der Waals surface area contributed by atoms with Crippen molar-refractivity contribution in [2.75, 3.05) is 13.2 Å². The van der Waals surface area contributed by atoms with Gasteiger partial charge in [0.15, 0.2) is 0 Å². The van der Waals surface area contributed by atoms with E-state index < -0.39 is 0 Å². The maximum atomic E-state index is 8.97. The second-order valence-electron chi connectivity index (χ2n) is 9.48. The van der Waals surface area contributed by atoms with E-state index in [2.05, 4.69) is 96.2 Å². The second kappa shape index (κ2) is 10.8. The van der Waals surface area contributed by atoms with E-state index >= 15 is 0 Å². The summed E-state index contributed by atoms with van der Waals surface area (Å²) in [6.07, 6.45) is 8.35. The molecule has 2 aromatic carbocycles. The summed E-state index contributed by atoms with van der Waals surface area (Å²) in [5, 5.41) is 8.97. The highest BCUT2D eigenvalue weighted by Crippen LogP contribution is 2.40. The van der Waals surface area contributed by atoms with E-state index in [0.717, 1.165) is 30.6 Å². The number of aryl methyl sites for hydroxylation is 1. The lowest BCUT2D eigenvalue weighted by Gasteiger charge is -2.34. The topological polar surface area (TPSA) is 29.5 Å². The predicted octanol–water partition coefficient (Wildman–Crippen LogP) is 7.31. The third-order valence-corrected chi connectivity index (χ3v) is 6.00. The van der Waals surface area contributed by atoms with Gasteiger partial charge in [-0.1, -0.05) is 83.2 Å². The van der Waals surface area contributed by atoms with Crippen molar-refractivity contribution in [3.8, 4) is 5.75 Å². The van der Waals surface area contributed by atoms with E-state index in [0.29, 0.717) is 18.4 Å². The smallest absolute Gasteiger partial charge is 0.122 e. The first kappa shape index (κ1) is 24.2. The molecule has 2 heteroatoms. The van der Waals surface area contributed by atoms with Gasteiger partial charge in [-0.05, 0) is 59.9 Å². The number of rotatable bonds is 10. The minimum absolute atomic E-state index is 0.00203. The first-order valence-electron chi connectivity index (χ1n) is 11.4. The molecule has 0 aliphatic rings. The minimum atomic E-state index is 0.00203. The van der Waals surface area contributed by atoms with Crippen LogP contribution in [0.4, 0.5) is 0 Å². The fourth-order valence-corrected chi connectivity index (χ4v) is 4.05. The van der Waals surface area contributed by atoms with E-state index in [1.807, 2.05) is 0 Å². The van der Waals surface area contributed by atoms with E-state index in [-0.39, 0.29) is 12.0 Å². The van der Waals surface area contributed by atoms with E-state index in [4.69, 9.17) is 9.84 Å². The number of hydrogen-bond acceptors (Lipinski definition) is 2. The van der Waals surface area contributed by atoms with Gasteiger partial charge in [0.25, 0.3) is 0 Å². The Kier molecular flexibility index (Phi) is 8.73. The van der Waals surface area contributed by atoms with Crippen LogP contribution >= 0.6 is 0 Å². The Morgan fingerprint density at radius 2 is 1.57 bits per heavy atom. The molecule has 0 aliphatic carbocycles. The zero-order valence-corrected chi connectivity index (χ0v) is 19.8. The van der Waals surface area contributed by atoms with Crippen LogP contribution in [0.25, 0.3) is 6.08 Å². The summed E-state index contributed by atoms with van der Waals surface area (Å²) in [5.74, 6) is 0.910. The van der Waals surface area contributed by atoms with E-state index in [9.17, 15) is 0 Å². The van der Waals surface area contributed by atoms with Gasteiger partial charge in [0.05, 0.1) is 6.61 Å². The molecule has 0 saturated carbocycles. The zero-order chi connectivity index (χ0) is 22.2. The normalized spacial score (nSPS) is 12.5. The van der Waals surface area contributed by atoms with Crippen molar-refractivity contribution >= 4 is 6.08 Å². The van der Waals surface area contributed by atoms with Gasteiger partial charge in [-0.3, -0.25) is 0 Å². The Morgan fingerprint density at radius 1 is 0.933 bits per heavy atom. The molecule has 0 aliphatic heterocycles. The Labute approximate surface area is 184 Å². The molecule has 0 spiro atoms. The van der Waals surface area contributed by atoms with Gasteiger partial charge in [0.1, 0.15) is 5.75 Å². The molecular formula is C28H40O2. The van der Waals surface area contributed by atoms with Crippen molar-refractivity contribution in [3.05, 3.63) is 70.8 Å². The van der Waals surface area contributed by atoms with Crippen molar-refractivity contribution < 1.29 is 9.84 Å². The summed E-state index contributed by atoms with van der Waals surface area (Å²) in [7, 11) is 0. The van der Waals surface area contributed by atoms with Crippen molar-refractivity contribution in [2.45, 2.75) is 72.6 Å². The molecule has 0 unspecified atom stereocenters. The van der Waals surface area contributed by atoms with Crippen LogP contribution in [0.5, 0.6) is 5.75 Å². The van der Waals surface area contributed by atoms with Gasteiger partial charge >= 0.3 is 0 Å². The maximum absolute atomic E-state index is 8.97. The monoisotopic (exact) mass is 408 g/mol. The van der Waals surface area contributed by atoms with Crippen LogP contribution < -0.4 is 4.74 Å². The Hall–Kier alpha value is -2.06. The highest BCUT2D eigenvalue weighted by atomic mass is 16.5. The molecule has 0 heterocycles. The van der Waals surface area contributed by atoms with Gasteiger partial charge < -0.3 is 9.84 Å².